The molecule has 0 unspecified atom stereocenters. The zero-order valence-corrected chi connectivity index (χ0v) is 16.8. The average Bonchev–Trinajstić information content (AvgIpc) is 3.20. The number of carbonyl (C=O) groups is 2. The van der Waals surface area contributed by atoms with Crippen molar-refractivity contribution in [3.8, 4) is 5.75 Å². The minimum Gasteiger partial charge on any atom is -0.488 e. The number of non-ortho nitro benzene ring substituents is 1. The fraction of sp³-hybridized carbons (Fsp3) is 0.100. The minimum absolute atomic E-state index is 0.0617. The Morgan fingerprint density at radius 3 is 2.62 bits per heavy atom. The first kappa shape index (κ1) is 20.5. The van der Waals surface area contributed by atoms with Crippen molar-refractivity contribution in [1.82, 2.24) is 0 Å². The maximum Gasteiger partial charge on any atom is 0.270 e. The summed E-state index contributed by atoms with van der Waals surface area (Å²) in [6.07, 6.45) is 0. The smallest absolute Gasteiger partial charge is 0.270 e. The van der Waals surface area contributed by atoms with E-state index >= 15 is 0 Å². The molecule has 1 aromatic heterocycles. The zero-order chi connectivity index (χ0) is 21.0. The predicted molar refractivity (Wildman–Crippen MR) is 111 cm³/mol. The van der Waals surface area contributed by atoms with E-state index in [4.69, 9.17) is 16.3 Å². The van der Waals surface area contributed by atoms with Crippen molar-refractivity contribution in [2.24, 2.45) is 0 Å². The highest BCUT2D eigenvalue weighted by atomic mass is 35.5. The Labute approximate surface area is 175 Å². The van der Waals surface area contributed by atoms with Crippen LogP contribution in [-0.2, 0) is 6.61 Å². The third-order valence-electron chi connectivity index (χ3n) is 3.99. The molecule has 0 fully saturated rings. The van der Waals surface area contributed by atoms with E-state index in [0.717, 1.165) is 10.9 Å². The van der Waals surface area contributed by atoms with Crippen LogP contribution in [0.25, 0.3) is 0 Å². The number of carbonyl (C=O) groups excluding carboxylic acids is 2. The number of hydrogen-bond acceptors (Lipinski definition) is 6. The third-order valence-corrected chi connectivity index (χ3v) is 5.16. The second kappa shape index (κ2) is 8.85. The molecule has 0 radical (unpaired) electrons. The number of halogens is 1. The van der Waals surface area contributed by atoms with E-state index < -0.39 is 10.8 Å². The number of amides is 1. The molecule has 148 valence electrons. The standard InChI is InChI=1S/C20H15ClN2O5S/c1-12(24)16-10-14(28-11-15-3-2-8-29-15)5-7-19(16)22-20(25)17-9-13(23(26)27)4-6-18(17)21/h2-10H,11H2,1H3,(H,22,25). The van der Waals surface area contributed by atoms with Crippen LogP contribution < -0.4 is 10.1 Å². The van der Waals surface area contributed by atoms with Crippen LogP contribution in [0.5, 0.6) is 5.75 Å². The molecule has 0 saturated carbocycles. The summed E-state index contributed by atoms with van der Waals surface area (Å²) in [4.78, 5) is 36.0. The number of anilines is 1. The van der Waals surface area contributed by atoms with Crippen molar-refractivity contribution < 1.29 is 19.2 Å². The van der Waals surface area contributed by atoms with Gasteiger partial charge in [0, 0.05) is 22.6 Å². The van der Waals surface area contributed by atoms with E-state index in [2.05, 4.69) is 5.32 Å². The Balaban J connectivity index is 1.83. The summed E-state index contributed by atoms with van der Waals surface area (Å²) in [5.74, 6) is -0.449. The number of benzene rings is 2. The first-order valence-corrected chi connectivity index (χ1v) is 9.66. The van der Waals surface area contributed by atoms with Crippen molar-refractivity contribution in [1.29, 1.82) is 0 Å². The summed E-state index contributed by atoms with van der Waals surface area (Å²) in [5.41, 5.74) is 0.189. The van der Waals surface area contributed by atoms with Gasteiger partial charge in [0.25, 0.3) is 11.6 Å². The Bertz CT molecular complexity index is 1080. The number of ketones is 1. The first-order valence-electron chi connectivity index (χ1n) is 8.40. The Morgan fingerprint density at radius 1 is 1.17 bits per heavy atom. The quantitative estimate of drug-likeness (QED) is 0.309. The van der Waals surface area contributed by atoms with E-state index in [1.807, 2.05) is 17.5 Å². The van der Waals surface area contributed by atoms with Crippen molar-refractivity contribution in [2.45, 2.75) is 13.5 Å². The lowest BCUT2D eigenvalue weighted by Gasteiger charge is -2.12. The van der Waals surface area contributed by atoms with E-state index in [0.29, 0.717) is 12.4 Å². The highest BCUT2D eigenvalue weighted by molar-refractivity contribution is 7.09. The molecule has 29 heavy (non-hydrogen) atoms. The van der Waals surface area contributed by atoms with E-state index in [1.165, 1.54) is 19.1 Å². The number of thiophene rings is 1. The average molecular weight is 431 g/mol. The zero-order valence-electron chi connectivity index (χ0n) is 15.2. The summed E-state index contributed by atoms with van der Waals surface area (Å²) in [6, 6.07) is 12.1. The van der Waals surface area contributed by atoms with Crippen LogP contribution in [0.1, 0.15) is 32.5 Å². The minimum atomic E-state index is -0.659. The van der Waals surface area contributed by atoms with Gasteiger partial charge in [0.1, 0.15) is 12.4 Å². The first-order chi connectivity index (χ1) is 13.8. The van der Waals surface area contributed by atoms with Gasteiger partial charge in [-0.3, -0.25) is 19.7 Å². The molecule has 3 aromatic rings. The maximum absolute atomic E-state index is 12.6. The molecule has 0 atom stereocenters. The van der Waals surface area contributed by atoms with Crippen LogP contribution in [0.3, 0.4) is 0 Å². The highest BCUT2D eigenvalue weighted by Gasteiger charge is 2.18. The number of nitrogens with one attached hydrogen (secondary N) is 1. The van der Waals surface area contributed by atoms with Gasteiger partial charge < -0.3 is 10.1 Å². The topological polar surface area (TPSA) is 98.5 Å². The van der Waals surface area contributed by atoms with Gasteiger partial charge in [-0.05, 0) is 42.6 Å². The SMILES string of the molecule is CC(=O)c1cc(OCc2cccs2)ccc1NC(=O)c1cc([N+](=O)[O-])ccc1Cl. The number of rotatable bonds is 7. The van der Waals surface area contributed by atoms with Crippen molar-refractivity contribution in [3.63, 3.8) is 0 Å². The number of hydrogen-bond donors (Lipinski definition) is 1. The predicted octanol–water partition coefficient (Wildman–Crippen LogP) is 5.34. The van der Waals surface area contributed by atoms with Gasteiger partial charge in [0.15, 0.2) is 5.78 Å². The molecule has 0 aliphatic heterocycles. The van der Waals surface area contributed by atoms with Crippen LogP contribution in [-0.4, -0.2) is 16.6 Å². The Hall–Kier alpha value is -3.23. The monoisotopic (exact) mass is 430 g/mol. The molecule has 1 N–H and O–H groups in total. The van der Waals surface area contributed by atoms with Crippen LogP contribution in [0.15, 0.2) is 53.9 Å². The molecule has 0 bridgehead atoms. The second-order valence-electron chi connectivity index (χ2n) is 6.01. The van der Waals surface area contributed by atoms with Gasteiger partial charge in [0.2, 0.25) is 0 Å². The molecule has 3 rings (SSSR count). The molecule has 1 amide bonds. The molecule has 2 aromatic carbocycles. The molecule has 1 heterocycles. The van der Waals surface area contributed by atoms with Crippen LogP contribution >= 0.6 is 22.9 Å². The molecule has 9 heteroatoms. The number of ether oxygens (including phenoxy) is 1. The Kier molecular flexibility index (Phi) is 6.26. The summed E-state index contributed by atoms with van der Waals surface area (Å²) in [6.45, 7) is 1.73. The van der Waals surface area contributed by atoms with E-state index in [-0.39, 0.29) is 33.3 Å². The molecular formula is C20H15ClN2O5S. The maximum atomic E-state index is 12.6. The van der Waals surface area contributed by atoms with E-state index in [1.54, 1.807) is 29.5 Å². The van der Waals surface area contributed by atoms with Gasteiger partial charge in [-0.2, -0.15) is 0 Å². The third kappa shape index (κ3) is 4.98. The normalized spacial score (nSPS) is 10.4. The van der Waals surface area contributed by atoms with Crippen LogP contribution in [0, 0.1) is 10.1 Å². The molecule has 0 aliphatic rings. The van der Waals surface area contributed by atoms with Gasteiger partial charge in [-0.1, -0.05) is 17.7 Å². The number of nitro benzene ring substituents is 1. The van der Waals surface area contributed by atoms with Crippen molar-refractivity contribution in [2.75, 3.05) is 5.32 Å². The lowest BCUT2D eigenvalue weighted by molar-refractivity contribution is -0.384. The van der Waals surface area contributed by atoms with Gasteiger partial charge in [-0.25, -0.2) is 0 Å². The van der Waals surface area contributed by atoms with Crippen LogP contribution in [0.2, 0.25) is 5.02 Å². The molecule has 0 saturated heterocycles. The van der Waals surface area contributed by atoms with Gasteiger partial charge in [-0.15, -0.1) is 11.3 Å². The molecule has 7 nitrogen and oxygen atoms in total. The number of Topliss-reactive ketones (excluding diaryl/α,β-unsaturated/α-hetero) is 1. The van der Waals surface area contributed by atoms with Crippen molar-refractivity contribution in [3.05, 3.63) is 85.1 Å². The summed E-state index contributed by atoms with van der Waals surface area (Å²) < 4.78 is 5.70. The Morgan fingerprint density at radius 2 is 1.97 bits per heavy atom. The fourth-order valence-corrected chi connectivity index (χ4v) is 3.37. The number of nitrogens with zero attached hydrogens (tertiary/aromatic N) is 1. The largest absolute Gasteiger partial charge is 0.488 e. The molecule has 0 aliphatic carbocycles. The molecular weight excluding hydrogens is 416 g/mol. The number of nitro groups is 1. The van der Waals surface area contributed by atoms with Crippen LogP contribution in [0.4, 0.5) is 11.4 Å². The van der Waals surface area contributed by atoms with Gasteiger partial charge in [0.05, 0.1) is 21.2 Å². The van der Waals surface area contributed by atoms with E-state index in [9.17, 15) is 19.7 Å². The van der Waals surface area contributed by atoms with Gasteiger partial charge >= 0.3 is 0 Å². The summed E-state index contributed by atoms with van der Waals surface area (Å²) >= 11 is 7.57. The summed E-state index contributed by atoms with van der Waals surface area (Å²) in [5, 5.41) is 15.5. The highest BCUT2D eigenvalue weighted by Crippen LogP contribution is 2.27. The summed E-state index contributed by atoms with van der Waals surface area (Å²) in [7, 11) is 0. The fourth-order valence-electron chi connectivity index (χ4n) is 2.55. The second-order valence-corrected chi connectivity index (χ2v) is 7.45. The lowest BCUT2D eigenvalue weighted by atomic mass is 10.1. The van der Waals surface area contributed by atoms with Crippen molar-refractivity contribution >= 4 is 46.0 Å². The lowest BCUT2D eigenvalue weighted by Crippen LogP contribution is -2.15. The molecule has 0 spiro atoms.